The highest BCUT2D eigenvalue weighted by Gasteiger charge is 1.96. The minimum atomic E-state index is -1.33. The molecule has 5 nitrogen and oxygen atoms in total. The molecule has 0 saturated carbocycles. The van der Waals surface area contributed by atoms with Crippen LogP contribution in [0.1, 0.15) is 71.1 Å². The van der Waals surface area contributed by atoms with E-state index in [-0.39, 0.29) is 0 Å². The Morgan fingerprint density at radius 2 is 1.17 bits per heavy atom. The predicted molar refractivity (Wildman–Crippen MR) is 71.7 cm³/mol. The highest BCUT2D eigenvalue weighted by molar-refractivity contribution is 5.66. The first-order valence-electron chi connectivity index (χ1n) is 6.70. The summed E-state index contributed by atoms with van der Waals surface area (Å²) < 4.78 is 0. The highest BCUT2D eigenvalue weighted by Crippen LogP contribution is 2.10. The second kappa shape index (κ2) is 15.7. The largest absolute Gasteiger partial charge is 0.481 e. The fourth-order valence-corrected chi connectivity index (χ4v) is 1.59. The molecule has 0 fully saturated rings. The van der Waals surface area contributed by atoms with Crippen LogP contribution in [0, 0.1) is 0 Å². The monoisotopic (exact) mass is 261 g/mol. The molecule has 0 spiro atoms. The number of unbranched alkanes of at least 4 members (excludes halogenated alkanes) is 8. The van der Waals surface area contributed by atoms with E-state index in [4.69, 9.17) is 15.0 Å². The summed E-state index contributed by atoms with van der Waals surface area (Å²) >= 11 is 0. The number of hydrogen-bond donors (Lipinski definition) is 3. The Balaban J connectivity index is 0. The predicted octanol–water partition coefficient (Wildman–Crippen LogP) is 3.62. The SMILES string of the molecule is CCCCCCCCCCCC(=O)O.NC(=O)O. The van der Waals surface area contributed by atoms with E-state index < -0.39 is 12.1 Å². The average Bonchev–Trinajstić information content (AvgIpc) is 2.26. The van der Waals surface area contributed by atoms with Gasteiger partial charge in [0.2, 0.25) is 0 Å². The fraction of sp³-hybridized carbons (Fsp3) is 0.846. The minimum absolute atomic E-state index is 0.343. The molecule has 5 heteroatoms. The average molecular weight is 261 g/mol. The van der Waals surface area contributed by atoms with Gasteiger partial charge in [-0.2, -0.15) is 0 Å². The van der Waals surface area contributed by atoms with Crippen LogP contribution >= 0.6 is 0 Å². The molecule has 0 aromatic rings. The Morgan fingerprint density at radius 3 is 1.50 bits per heavy atom. The quantitative estimate of drug-likeness (QED) is 0.523. The van der Waals surface area contributed by atoms with Crippen molar-refractivity contribution in [1.29, 1.82) is 0 Å². The van der Waals surface area contributed by atoms with E-state index >= 15 is 0 Å². The third kappa shape index (κ3) is 29.3. The van der Waals surface area contributed by atoms with Crippen molar-refractivity contribution in [3.05, 3.63) is 0 Å². The first-order chi connectivity index (χ1) is 8.50. The fourth-order valence-electron chi connectivity index (χ4n) is 1.59. The molecule has 0 rings (SSSR count). The summed E-state index contributed by atoms with van der Waals surface area (Å²) in [4.78, 5) is 19.0. The number of carbonyl (C=O) groups is 2. The molecule has 0 bridgehead atoms. The Bertz CT molecular complexity index is 203. The molecule has 0 heterocycles. The van der Waals surface area contributed by atoms with Crippen LogP contribution in [0.4, 0.5) is 4.79 Å². The molecule has 0 unspecified atom stereocenters. The summed E-state index contributed by atoms with van der Waals surface area (Å²) in [5.41, 5.74) is 4.03. The van der Waals surface area contributed by atoms with Crippen LogP contribution in [0.3, 0.4) is 0 Å². The van der Waals surface area contributed by atoms with E-state index in [1.165, 1.54) is 44.9 Å². The maximum atomic E-state index is 10.2. The number of aliphatic carboxylic acids is 1. The zero-order valence-electron chi connectivity index (χ0n) is 11.4. The highest BCUT2D eigenvalue weighted by atomic mass is 16.4. The first kappa shape index (κ1) is 19.1. The maximum Gasteiger partial charge on any atom is 0.402 e. The Hall–Kier alpha value is -1.26. The van der Waals surface area contributed by atoms with Crippen molar-refractivity contribution in [3.8, 4) is 0 Å². The summed E-state index contributed by atoms with van der Waals surface area (Å²) in [6, 6.07) is 0. The summed E-state index contributed by atoms with van der Waals surface area (Å²) in [5.74, 6) is -0.659. The van der Waals surface area contributed by atoms with Gasteiger partial charge in [-0.3, -0.25) is 4.79 Å². The smallest absolute Gasteiger partial charge is 0.402 e. The van der Waals surface area contributed by atoms with Crippen LogP contribution < -0.4 is 5.73 Å². The normalized spacial score (nSPS) is 9.39. The molecular weight excluding hydrogens is 234 g/mol. The van der Waals surface area contributed by atoms with Crippen molar-refractivity contribution >= 4 is 12.1 Å². The molecule has 0 aliphatic rings. The summed E-state index contributed by atoms with van der Waals surface area (Å²) in [7, 11) is 0. The van der Waals surface area contributed by atoms with Crippen molar-refractivity contribution in [2.75, 3.05) is 0 Å². The van der Waals surface area contributed by atoms with Crippen LogP contribution in [0.25, 0.3) is 0 Å². The van der Waals surface area contributed by atoms with Crippen molar-refractivity contribution < 1.29 is 19.8 Å². The number of hydrogen-bond acceptors (Lipinski definition) is 2. The van der Waals surface area contributed by atoms with Gasteiger partial charge in [-0.1, -0.05) is 58.3 Å². The van der Waals surface area contributed by atoms with Gasteiger partial charge in [0.25, 0.3) is 0 Å². The van der Waals surface area contributed by atoms with Gasteiger partial charge < -0.3 is 15.9 Å². The van der Waals surface area contributed by atoms with Crippen LogP contribution in [-0.2, 0) is 4.79 Å². The van der Waals surface area contributed by atoms with E-state index in [1.54, 1.807) is 0 Å². The van der Waals surface area contributed by atoms with Crippen LogP contribution in [0.2, 0.25) is 0 Å². The van der Waals surface area contributed by atoms with Gasteiger partial charge in [-0.25, -0.2) is 4.79 Å². The molecule has 108 valence electrons. The lowest BCUT2D eigenvalue weighted by Gasteiger charge is -2.00. The lowest BCUT2D eigenvalue weighted by Crippen LogP contribution is -2.03. The van der Waals surface area contributed by atoms with E-state index in [1.807, 2.05) is 0 Å². The zero-order valence-corrected chi connectivity index (χ0v) is 11.4. The Morgan fingerprint density at radius 1 is 0.833 bits per heavy atom. The van der Waals surface area contributed by atoms with Crippen LogP contribution in [0.15, 0.2) is 0 Å². The number of amides is 1. The van der Waals surface area contributed by atoms with Crippen molar-refractivity contribution in [1.82, 2.24) is 0 Å². The topological polar surface area (TPSA) is 101 Å². The lowest BCUT2D eigenvalue weighted by atomic mass is 10.1. The number of carboxylic acids is 1. The summed E-state index contributed by atoms with van der Waals surface area (Å²) in [6.45, 7) is 2.23. The number of rotatable bonds is 10. The molecule has 4 N–H and O–H groups in total. The van der Waals surface area contributed by atoms with Crippen LogP contribution in [-0.4, -0.2) is 22.3 Å². The molecule has 0 aromatic carbocycles. The van der Waals surface area contributed by atoms with E-state index in [9.17, 15) is 4.79 Å². The zero-order chi connectivity index (χ0) is 14.2. The molecule has 0 aliphatic carbocycles. The van der Waals surface area contributed by atoms with E-state index in [0.29, 0.717) is 6.42 Å². The van der Waals surface area contributed by atoms with Crippen molar-refractivity contribution in [3.63, 3.8) is 0 Å². The standard InChI is InChI=1S/C12H24O2.CH3NO2/c1-2-3-4-5-6-7-8-9-10-11-12(13)14;2-1(3)4/h2-11H2,1H3,(H,13,14);2H2,(H,3,4). The molecule has 0 saturated heterocycles. The van der Waals surface area contributed by atoms with Crippen molar-refractivity contribution in [2.24, 2.45) is 5.73 Å². The summed E-state index contributed by atoms with van der Waals surface area (Å²) in [6.07, 6.45) is 10.1. The molecule has 18 heavy (non-hydrogen) atoms. The van der Waals surface area contributed by atoms with Gasteiger partial charge in [-0.15, -0.1) is 0 Å². The second-order valence-electron chi connectivity index (χ2n) is 4.31. The van der Waals surface area contributed by atoms with Crippen molar-refractivity contribution in [2.45, 2.75) is 71.1 Å². The van der Waals surface area contributed by atoms with Gasteiger partial charge in [0.1, 0.15) is 0 Å². The molecule has 0 aromatic heterocycles. The van der Waals surface area contributed by atoms with Gasteiger partial charge in [0.05, 0.1) is 0 Å². The third-order valence-electron chi connectivity index (χ3n) is 2.49. The number of nitrogens with two attached hydrogens (primary N) is 1. The number of carboxylic acid groups (broad SMARTS) is 2. The first-order valence-corrected chi connectivity index (χ1v) is 6.70. The van der Waals surface area contributed by atoms with E-state index in [2.05, 4.69) is 12.7 Å². The van der Waals surface area contributed by atoms with E-state index in [0.717, 1.165) is 12.8 Å². The molecule has 1 amide bonds. The molecule has 0 aliphatic heterocycles. The van der Waals surface area contributed by atoms with Gasteiger partial charge >= 0.3 is 12.1 Å². The second-order valence-corrected chi connectivity index (χ2v) is 4.31. The molecular formula is C13H27NO4. The maximum absolute atomic E-state index is 10.2. The number of primary amides is 1. The van der Waals surface area contributed by atoms with Gasteiger partial charge in [0.15, 0.2) is 0 Å². The Labute approximate surface area is 109 Å². The minimum Gasteiger partial charge on any atom is -0.481 e. The third-order valence-corrected chi connectivity index (χ3v) is 2.49. The van der Waals surface area contributed by atoms with Crippen LogP contribution in [0.5, 0.6) is 0 Å². The summed E-state index contributed by atoms with van der Waals surface area (Å²) in [5, 5.41) is 15.6. The molecule has 0 radical (unpaired) electrons. The van der Waals surface area contributed by atoms with Gasteiger partial charge in [0, 0.05) is 6.42 Å². The Kier molecular flexibility index (Phi) is 16.7. The molecule has 0 atom stereocenters. The lowest BCUT2D eigenvalue weighted by molar-refractivity contribution is -0.137. The van der Waals surface area contributed by atoms with Gasteiger partial charge in [-0.05, 0) is 6.42 Å².